The van der Waals surface area contributed by atoms with Crippen molar-refractivity contribution in [1.82, 2.24) is 9.97 Å². The lowest BCUT2D eigenvalue weighted by molar-refractivity contribution is -0.0286. The van der Waals surface area contributed by atoms with Gasteiger partial charge >= 0.3 is 0 Å². The summed E-state index contributed by atoms with van der Waals surface area (Å²) in [6.07, 6.45) is 8.80. The molecule has 1 aliphatic carbocycles. The lowest BCUT2D eigenvalue weighted by Crippen LogP contribution is -2.33. The molecule has 4 nitrogen and oxygen atoms in total. The second kappa shape index (κ2) is 9.50. The number of aryl methyl sites for hydroxylation is 1. The number of rotatable bonds is 6. The summed E-state index contributed by atoms with van der Waals surface area (Å²) in [5.74, 6) is 2.25. The molecular weight excluding hydrogens is 420 g/mol. The third-order valence-electron chi connectivity index (χ3n) is 7.91. The molecule has 1 aromatic heterocycles. The van der Waals surface area contributed by atoms with Crippen LogP contribution in [0, 0.1) is 6.92 Å². The summed E-state index contributed by atoms with van der Waals surface area (Å²) in [6, 6.07) is 19.2. The molecule has 2 fully saturated rings. The molecule has 178 valence electrons. The van der Waals surface area contributed by atoms with Crippen molar-refractivity contribution in [2.24, 2.45) is 0 Å². The fraction of sp³-hybridized carbons (Fsp3) is 0.467. The van der Waals surface area contributed by atoms with Gasteiger partial charge < -0.3 is 9.47 Å². The molecule has 1 aliphatic heterocycles. The SMILES string of the molecule is Cc1ccc(C(C)(C)c2ccc(OCc3ccnc(C4CCC5(CCCO5)CC4)n3)cc2)cc1. The Morgan fingerprint density at radius 2 is 1.62 bits per heavy atom. The van der Waals surface area contributed by atoms with Crippen molar-refractivity contribution in [3.8, 4) is 5.75 Å². The third kappa shape index (κ3) is 4.88. The van der Waals surface area contributed by atoms with E-state index in [0.29, 0.717) is 12.5 Å². The van der Waals surface area contributed by atoms with Crippen LogP contribution in [0.1, 0.15) is 86.5 Å². The average molecular weight is 457 g/mol. The van der Waals surface area contributed by atoms with Crippen LogP contribution in [-0.4, -0.2) is 22.2 Å². The van der Waals surface area contributed by atoms with E-state index >= 15 is 0 Å². The molecule has 2 aliphatic rings. The molecule has 1 spiro atoms. The smallest absolute Gasteiger partial charge is 0.131 e. The van der Waals surface area contributed by atoms with Crippen LogP contribution in [0.25, 0.3) is 0 Å². The van der Waals surface area contributed by atoms with Crippen molar-refractivity contribution in [3.05, 3.63) is 89.0 Å². The van der Waals surface area contributed by atoms with Gasteiger partial charge in [0.05, 0.1) is 11.3 Å². The fourth-order valence-corrected chi connectivity index (χ4v) is 5.50. The van der Waals surface area contributed by atoms with Crippen molar-refractivity contribution < 1.29 is 9.47 Å². The van der Waals surface area contributed by atoms with Gasteiger partial charge in [-0.25, -0.2) is 9.97 Å². The number of nitrogens with zero attached hydrogens (tertiary/aromatic N) is 2. The van der Waals surface area contributed by atoms with Gasteiger partial charge in [0.15, 0.2) is 0 Å². The van der Waals surface area contributed by atoms with E-state index in [2.05, 4.69) is 74.3 Å². The summed E-state index contributed by atoms with van der Waals surface area (Å²) in [4.78, 5) is 9.45. The molecule has 1 saturated carbocycles. The van der Waals surface area contributed by atoms with E-state index in [-0.39, 0.29) is 11.0 Å². The summed E-state index contributed by atoms with van der Waals surface area (Å²) < 4.78 is 12.2. The van der Waals surface area contributed by atoms with Crippen LogP contribution in [0.15, 0.2) is 60.8 Å². The van der Waals surface area contributed by atoms with Gasteiger partial charge in [-0.05, 0) is 74.8 Å². The summed E-state index contributed by atoms with van der Waals surface area (Å²) >= 11 is 0. The Labute approximate surface area is 203 Å². The maximum Gasteiger partial charge on any atom is 0.131 e. The van der Waals surface area contributed by atoms with Crippen molar-refractivity contribution in [1.29, 1.82) is 0 Å². The van der Waals surface area contributed by atoms with Crippen molar-refractivity contribution in [2.45, 2.75) is 82.8 Å². The lowest BCUT2D eigenvalue weighted by atomic mass is 9.77. The van der Waals surface area contributed by atoms with Crippen molar-refractivity contribution >= 4 is 0 Å². The van der Waals surface area contributed by atoms with Crippen LogP contribution in [0.4, 0.5) is 0 Å². The first-order chi connectivity index (χ1) is 16.4. The number of ether oxygens (including phenoxy) is 2. The first-order valence-electron chi connectivity index (χ1n) is 12.7. The Bertz CT molecular complexity index is 1090. The highest BCUT2D eigenvalue weighted by atomic mass is 16.5. The summed E-state index contributed by atoms with van der Waals surface area (Å²) in [6.45, 7) is 8.04. The molecule has 0 radical (unpaired) electrons. The van der Waals surface area contributed by atoms with Gasteiger partial charge in [0.2, 0.25) is 0 Å². The first-order valence-corrected chi connectivity index (χ1v) is 12.7. The number of hydrogen-bond donors (Lipinski definition) is 0. The molecule has 4 heteroatoms. The molecule has 0 atom stereocenters. The van der Waals surface area contributed by atoms with Gasteiger partial charge in [-0.2, -0.15) is 0 Å². The van der Waals surface area contributed by atoms with E-state index in [1.807, 2.05) is 12.3 Å². The van der Waals surface area contributed by atoms with Crippen molar-refractivity contribution in [3.63, 3.8) is 0 Å². The molecule has 0 N–H and O–H groups in total. The van der Waals surface area contributed by atoms with Gasteiger partial charge in [0.1, 0.15) is 18.2 Å². The standard InChI is InChI=1S/C30H36N2O2/c1-22-5-7-24(8-6-22)29(2,3)25-9-11-27(12-10-25)33-21-26-15-19-31-28(32-26)23-13-17-30(18-14-23)16-4-20-34-30/h5-12,15,19,23H,4,13-14,16-18,20-21H2,1-3H3. The van der Waals surface area contributed by atoms with Gasteiger partial charge in [0, 0.05) is 24.1 Å². The zero-order valence-corrected chi connectivity index (χ0v) is 20.7. The minimum atomic E-state index is -0.0596. The van der Waals surface area contributed by atoms with Gasteiger partial charge in [0.25, 0.3) is 0 Å². The Morgan fingerprint density at radius 1 is 0.941 bits per heavy atom. The van der Waals surface area contributed by atoms with Gasteiger partial charge in [-0.1, -0.05) is 55.8 Å². The molecule has 34 heavy (non-hydrogen) atoms. The van der Waals surface area contributed by atoms with Crippen LogP contribution < -0.4 is 4.74 Å². The zero-order chi connectivity index (χ0) is 23.6. The molecule has 0 bridgehead atoms. The molecule has 2 heterocycles. The monoisotopic (exact) mass is 456 g/mol. The number of hydrogen-bond acceptors (Lipinski definition) is 4. The number of aromatic nitrogens is 2. The topological polar surface area (TPSA) is 44.2 Å². The highest BCUT2D eigenvalue weighted by molar-refractivity contribution is 5.40. The predicted octanol–water partition coefficient (Wildman–Crippen LogP) is 6.90. The molecular formula is C30H36N2O2. The van der Waals surface area contributed by atoms with Crippen LogP contribution in [0.2, 0.25) is 0 Å². The Hall–Kier alpha value is -2.72. The normalized spacial score (nSPS) is 22.7. The molecule has 0 unspecified atom stereocenters. The molecule has 1 saturated heterocycles. The number of benzene rings is 2. The van der Waals surface area contributed by atoms with Gasteiger partial charge in [-0.15, -0.1) is 0 Å². The van der Waals surface area contributed by atoms with E-state index in [1.54, 1.807) is 0 Å². The summed E-state index contributed by atoms with van der Waals surface area (Å²) in [5.41, 5.74) is 4.90. The third-order valence-corrected chi connectivity index (χ3v) is 7.91. The molecule has 3 aromatic rings. The summed E-state index contributed by atoms with van der Waals surface area (Å²) in [5, 5.41) is 0. The lowest BCUT2D eigenvalue weighted by Gasteiger charge is -2.35. The maximum absolute atomic E-state index is 6.09. The predicted molar refractivity (Wildman–Crippen MR) is 135 cm³/mol. The Kier molecular flexibility index (Phi) is 6.44. The second-order valence-corrected chi connectivity index (χ2v) is 10.6. The van der Waals surface area contributed by atoms with E-state index in [9.17, 15) is 0 Å². The van der Waals surface area contributed by atoms with E-state index < -0.39 is 0 Å². The van der Waals surface area contributed by atoms with Crippen LogP contribution in [-0.2, 0) is 16.8 Å². The van der Waals surface area contributed by atoms with Crippen LogP contribution in [0.3, 0.4) is 0 Å². The quantitative estimate of drug-likeness (QED) is 0.405. The van der Waals surface area contributed by atoms with E-state index in [0.717, 1.165) is 49.6 Å². The van der Waals surface area contributed by atoms with E-state index in [4.69, 9.17) is 14.5 Å². The first kappa shape index (κ1) is 23.0. The van der Waals surface area contributed by atoms with Gasteiger partial charge in [-0.3, -0.25) is 0 Å². The molecule has 5 rings (SSSR count). The summed E-state index contributed by atoms with van der Waals surface area (Å²) in [7, 11) is 0. The Morgan fingerprint density at radius 3 is 2.26 bits per heavy atom. The minimum Gasteiger partial charge on any atom is -0.487 e. The fourth-order valence-electron chi connectivity index (χ4n) is 5.50. The Balaban J connectivity index is 1.20. The van der Waals surface area contributed by atoms with E-state index in [1.165, 1.54) is 29.5 Å². The minimum absolute atomic E-state index is 0.0596. The van der Waals surface area contributed by atoms with Crippen LogP contribution in [0.5, 0.6) is 5.75 Å². The van der Waals surface area contributed by atoms with Crippen LogP contribution >= 0.6 is 0 Å². The highest BCUT2D eigenvalue weighted by Gasteiger charge is 2.39. The highest BCUT2D eigenvalue weighted by Crippen LogP contribution is 2.44. The maximum atomic E-state index is 6.09. The molecule has 0 amide bonds. The van der Waals surface area contributed by atoms with Crippen molar-refractivity contribution in [2.75, 3.05) is 6.61 Å². The second-order valence-electron chi connectivity index (χ2n) is 10.6. The largest absolute Gasteiger partial charge is 0.487 e. The zero-order valence-electron chi connectivity index (χ0n) is 20.7. The molecule has 2 aromatic carbocycles. The average Bonchev–Trinajstić information content (AvgIpc) is 3.32.